The van der Waals surface area contributed by atoms with Crippen molar-refractivity contribution in [2.24, 2.45) is 7.05 Å². The van der Waals surface area contributed by atoms with Gasteiger partial charge in [-0.15, -0.1) is 12.4 Å². The van der Waals surface area contributed by atoms with E-state index in [9.17, 15) is 9.18 Å². The first-order valence-electron chi connectivity index (χ1n) is 9.75. The van der Waals surface area contributed by atoms with E-state index >= 15 is 0 Å². The van der Waals surface area contributed by atoms with Gasteiger partial charge in [0.25, 0.3) is 5.56 Å². The maximum atomic E-state index is 13.7. The van der Waals surface area contributed by atoms with Crippen molar-refractivity contribution in [2.45, 2.75) is 6.04 Å². The molecule has 1 fully saturated rings. The zero-order chi connectivity index (χ0) is 21.3. The monoisotopic (exact) mass is 445 g/mol. The lowest BCUT2D eigenvalue weighted by Gasteiger charge is -2.40. The smallest absolute Gasteiger partial charge is 0.255 e. The van der Waals surface area contributed by atoms with Gasteiger partial charge in [0.1, 0.15) is 11.6 Å². The van der Waals surface area contributed by atoms with Crippen molar-refractivity contribution in [2.75, 3.05) is 38.7 Å². The van der Waals surface area contributed by atoms with Crippen LogP contribution in [0.2, 0.25) is 0 Å². The van der Waals surface area contributed by atoms with Gasteiger partial charge in [0.05, 0.1) is 18.8 Å². The Kier molecular flexibility index (Phi) is 6.92. The van der Waals surface area contributed by atoms with E-state index in [-0.39, 0.29) is 29.8 Å². The first-order chi connectivity index (χ1) is 14.5. The molecule has 164 valence electrons. The Morgan fingerprint density at radius 1 is 1.10 bits per heavy atom. The number of likely N-dealkylation sites (N-methyl/N-ethyl adjacent to an activating group) is 1. The molecule has 0 radical (unpaired) electrons. The lowest BCUT2D eigenvalue weighted by molar-refractivity contribution is 0.214. The standard InChI is InChI=1S/C22H24FN5O2.ClH/c1-26-10-11-28(14-19(26)17-5-4-16(23)12-20(17)30-3)22-25-18(13-21(29)27(22)2)15-6-8-24-9-7-15;/h4-9,12-13,19H,10-11,14H2,1-3H3;1H. The minimum absolute atomic E-state index is 0. The van der Waals surface area contributed by atoms with Crippen molar-refractivity contribution in [3.05, 3.63) is 70.5 Å². The summed E-state index contributed by atoms with van der Waals surface area (Å²) < 4.78 is 20.7. The summed E-state index contributed by atoms with van der Waals surface area (Å²) in [6, 6.07) is 9.79. The van der Waals surface area contributed by atoms with Gasteiger partial charge in [0.15, 0.2) is 0 Å². The highest BCUT2D eigenvalue weighted by molar-refractivity contribution is 5.85. The Balaban J connectivity index is 0.00000272. The molecular weight excluding hydrogens is 421 g/mol. The molecule has 1 unspecified atom stereocenters. The van der Waals surface area contributed by atoms with Gasteiger partial charge in [-0.25, -0.2) is 9.37 Å². The zero-order valence-corrected chi connectivity index (χ0v) is 18.5. The van der Waals surface area contributed by atoms with Crippen LogP contribution in [0, 0.1) is 5.82 Å². The maximum Gasteiger partial charge on any atom is 0.255 e. The number of halogens is 2. The number of pyridine rings is 1. The van der Waals surface area contributed by atoms with E-state index in [2.05, 4.69) is 14.8 Å². The number of hydrogen-bond donors (Lipinski definition) is 0. The van der Waals surface area contributed by atoms with E-state index in [4.69, 9.17) is 9.72 Å². The predicted molar refractivity (Wildman–Crippen MR) is 120 cm³/mol. The number of rotatable bonds is 4. The van der Waals surface area contributed by atoms with Crippen LogP contribution in [-0.2, 0) is 7.05 Å². The minimum Gasteiger partial charge on any atom is -0.496 e. The maximum absolute atomic E-state index is 13.7. The average molecular weight is 446 g/mol. The molecular formula is C22H25ClFN5O2. The summed E-state index contributed by atoms with van der Waals surface area (Å²) in [4.78, 5) is 25.8. The summed E-state index contributed by atoms with van der Waals surface area (Å²) in [6.45, 7) is 2.08. The number of hydrogen-bond acceptors (Lipinski definition) is 6. The Hall–Kier alpha value is -2.97. The van der Waals surface area contributed by atoms with Crippen LogP contribution < -0.4 is 15.2 Å². The van der Waals surface area contributed by atoms with Crippen molar-refractivity contribution < 1.29 is 9.13 Å². The van der Waals surface area contributed by atoms with E-state index in [1.54, 1.807) is 37.2 Å². The van der Waals surface area contributed by atoms with Crippen molar-refractivity contribution in [1.29, 1.82) is 0 Å². The summed E-state index contributed by atoms with van der Waals surface area (Å²) in [5, 5.41) is 0. The Bertz CT molecular complexity index is 1110. The van der Waals surface area contributed by atoms with Crippen LogP contribution in [0.5, 0.6) is 5.75 Å². The van der Waals surface area contributed by atoms with Crippen molar-refractivity contribution in [3.8, 4) is 17.0 Å². The number of anilines is 1. The highest BCUT2D eigenvalue weighted by Gasteiger charge is 2.30. The fourth-order valence-electron chi connectivity index (χ4n) is 3.83. The first-order valence-corrected chi connectivity index (χ1v) is 9.75. The second-order valence-electron chi connectivity index (χ2n) is 7.40. The summed E-state index contributed by atoms with van der Waals surface area (Å²) in [5.74, 6) is 0.787. The van der Waals surface area contributed by atoms with Gasteiger partial charge >= 0.3 is 0 Å². The SMILES string of the molecule is COc1cc(F)ccc1C1CN(c2nc(-c3ccncc3)cc(=O)n2C)CCN1C.Cl. The molecule has 3 aromatic rings. The molecule has 9 heteroatoms. The van der Waals surface area contributed by atoms with Crippen LogP contribution >= 0.6 is 12.4 Å². The van der Waals surface area contributed by atoms with Crippen LogP contribution in [0.1, 0.15) is 11.6 Å². The van der Waals surface area contributed by atoms with Crippen LogP contribution in [0.4, 0.5) is 10.3 Å². The van der Waals surface area contributed by atoms with Gasteiger partial charge in [-0.2, -0.15) is 0 Å². The topological polar surface area (TPSA) is 63.5 Å². The Labute approximate surface area is 186 Å². The van der Waals surface area contributed by atoms with E-state index < -0.39 is 0 Å². The number of nitrogens with zero attached hydrogens (tertiary/aromatic N) is 5. The van der Waals surface area contributed by atoms with Crippen LogP contribution in [0.3, 0.4) is 0 Å². The third-order valence-corrected chi connectivity index (χ3v) is 5.57. The molecule has 1 saturated heterocycles. The van der Waals surface area contributed by atoms with E-state index in [0.717, 1.165) is 24.2 Å². The summed E-state index contributed by atoms with van der Waals surface area (Å²) in [6.07, 6.45) is 3.36. The fourth-order valence-corrected chi connectivity index (χ4v) is 3.83. The number of piperazine rings is 1. The van der Waals surface area contributed by atoms with E-state index in [1.807, 2.05) is 19.2 Å². The van der Waals surface area contributed by atoms with Crippen molar-refractivity contribution in [1.82, 2.24) is 19.4 Å². The lowest BCUT2D eigenvalue weighted by atomic mass is 10.0. The molecule has 0 N–H and O–H groups in total. The van der Waals surface area contributed by atoms with Gasteiger partial charge in [-0.3, -0.25) is 19.2 Å². The molecule has 31 heavy (non-hydrogen) atoms. The van der Waals surface area contributed by atoms with Gasteiger partial charge in [-0.05, 0) is 25.2 Å². The lowest BCUT2D eigenvalue weighted by Crippen LogP contribution is -2.48. The van der Waals surface area contributed by atoms with Gasteiger partial charge in [-0.1, -0.05) is 6.07 Å². The third kappa shape index (κ3) is 4.55. The number of benzene rings is 1. The van der Waals surface area contributed by atoms with Crippen LogP contribution in [0.15, 0.2) is 53.6 Å². The van der Waals surface area contributed by atoms with Crippen molar-refractivity contribution in [3.63, 3.8) is 0 Å². The Morgan fingerprint density at radius 3 is 2.55 bits per heavy atom. The summed E-state index contributed by atoms with van der Waals surface area (Å²) in [5.41, 5.74) is 2.24. The van der Waals surface area contributed by atoms with Gasteiger partial charge in [0.2, 0.25) is 5.95 Å². The molecule has 0 amide bonds. The summed E-state index contributed by atoms with van der Waals surface area (Å²) >= 11 is 0. The number of aromatic nitrogens is 3. The minimum atomic E-state index is -0.333. The number of ether oxygens (including phenoxy) is 1. The molecule has 3 heterocycles. The van der Waals surface area contributed by atoms with Gasteiger partial charge in [0, 0.05) is 62.3 Å². The van der Waals surface area contributed by atoms with E-state index in [0.29, 0.717) is 23.9 Å². The Morgan fingerprint density at radius 2 is 1.84 bits per heavy atom. The molecule has 1 aliphatic rings. The molecule has 1 atom stereocenters. The van der Waals surface area contributed by atoms with Crippen LogP contribution in [0.25, 0.3) is 11.3 Å². The molecule has 0 aliphatic carbocycles. The van der Waals surface area contributed by atoms with Gasteiger partial charge < -0.3 is 9.64 Å². The zero-order valence-electron chi connectivity index (χ0n) is 17.7. The fraction of sp³-hybridized carbons (Fsp3) is 0.318. The highest BCUT2D eigenvalue weighted by Crippen LogP contribution is 2.33. The number of methoxy groups -OCH3 is 1. The first kappa shape index (κ1) is 22.7. The molecule has 0 spiro atoms. The van der Waals surface area contributed by atoms with Crippen molar-refractivity contribution >= 4 is 18.4 Å². The second-order valence-corrected chi connectivity index (χ2v) is 7.40. The largest absolute Gasteiger partial charge is 0.496 e. The molecule has 1 aliphatic heterocycles. The molecule has 7 nitrogen and oxygen atoms in total. The molecule has 1 aromatic carbocycles. The highest BCUT2D eigenvalue weighted by atomic mass is 35.5. The normalized spacial score (nSPS) is 16.6. The molecule has 0 bridgehead atoms. The molecule has 2 aromatic heterocycles. The second kappa shape index (κ2) is 9.45. The summed E-state index contributed by atoms with van der Waals surface area (Å²) in [7, 11) is 5.31. The van der Waals surface area contributed by atoms with Crippen LogP contribution in [-0.4, -0.2) is 53.2 Å². The quantitative estimate of drug-likeness (QED) is 0.615. The third-order valence-electron chi connectivity index (χ3n) is 5.57. The molecule has 4 rings (SSSR count). The average Bonchev–Trinajstić information content (AvgIpc) is 2.76. The predicted octanol–water partition coefficient (Wildman–Crippen LogP) is 2.90. The van der Waals surface area contributed by atoms with E-state index in [1.165, 1.54) is 18.2 Å². The molecule has 0 saturated carbocycles.